The SMILES string of the molecule is COc1ccccc1NCc1cccc2c1OCCO2. The summed E-state index contributed by atoms with van der Waals surface area (Å²) in [4.78, 5) is 0. The summed E-state index contributed by atoms with van der Waals surface area (Å²) in [7, 11) is 1.67. The van der Waals surface area contributed by atoms with Crippen LogP contribution < -0.4 is 19.5 Å². The van der Waals surface area contributed by atoms with E-state index in [-0.39, 0.29) is 0 Å². The first kappa shape index (κ1) is 12.7. The molecule has 1 heterocycles. The molecule has 0 aliphatic carbocycles. The molecule has 2 aromatic carbocycles. The second kappa shape index (κ2) is 5.74. The third-order valence-corrected chi connectivity index (χ3v) is 3.22. The van der Waals surface area contributed by atoms with Crippen LogP contribution in [0.5, 0.6) is 17.2 Å². The summed E-state index contributed by atoms with van der Waals surface area (Å²) in [5.74, 6) is 2.48. The number of methoxy groups -OCH3 is 1. The fourth-order valence-electron chi connectivity index (χ4n) is 2.25. The molecule has 0 unspecified atom stereocenters. The highest BCUT2D eigenvalue weighted by molar-refractivity contribution is 5.57. The Morgan fingerprint density at radius 2 is 1.90 bits per heavy atom. The van der Waals surface area contributed by atoms with Crippen LogP contribution >= 0.6 is 0 Å². The van der Waals surface area contributed by atoms with Crippen LogP contribution in [0.2, 0.25) is 0 Å². The number of ether oxygens (including phenoxy) is 3. The van der Waals surface area contributed by atoms with Gasteiger partial charge in [-0.1, -0.05) is 24.3 Å². The number of benzene rings is 2. The smallest absolute Gasteiger partial charge is 0.166 e. The molecule has 20 heavy (non-hydrogen) atoms. The van der Waals surface area contributed by atoms with Crippen LogP contribution in [0, 0.1) is 0 Å². The van der Waals surface area contributed by atoms with Crippen molar-refractivity contribution in [2.24, 2.45) is 0 Å². The molecule has 4 heteroatoms. The van der Waals surface area contributed by atoms with Gasteiger partial charge in [-0.25, -0.2) is 0 Å². The van der Waals surface area contributed by atoms with Crippen molar-refractivity contribution in [3.8, 4) is 17.2 Å². The molecule has 2 aromatic rings. The third-order valence-electron chi connectivity index (χ3n) is 3.22. The Kier molecular flexibility index (Phi) is 3.63. The first-order valence-corrected chi connectivity index (χ1v) is 6.63. The zero-order chi connectivity index (χ0) is 13.8. The number of hydrogen-bond acceptors (Lipinski definition) is 4. The molecule has 0 spiro atoms. The van der Waals surface area contributed by atoms with Gasteiger partial charge in [0, 0.05) is 12.1 Å². The first-order chi connectivity index (χ1) is 9.88. The molecular weight excluding hydrogens is 254 g/mol. The fourth-order valence-corrected chi connectivity index (χ4v) is 2.25. The molecule has 0 saturated heterocycles. The second-order valence-electron chi connectivity index (χ2n) is 4.50. The maximum absolute atomic E-state index is 5.70. The Labute approximate surface area is 118 Å². The van der Waals surface area contributed by atoms with Crippen LogP contribution in [-0.4, -0.2) is 20.3 Å². The van der Waals surface area contributed by atoms with E-state index in [1.807, 2.05) is 42.5 Å². The molecule has 1 aliphatic heterocycles. The normalized spacial score (nSPS) is 12.8. The van der Waals surface area contributed by atoms with Crippen LogP contribution in [0.3, 0.4) is 0 Å². The van der Waals surface area contributed by atoms with E-state index < -0.39 is 0 Å². The molecule has 0 amide bonds. The van der Waals surface area contributed by atoms with Crippen LogP contribution in [0.4, 0.5) is 5.69 Å². The Balaban J connectivity index is 1.79. The largest absolute Gasteiger partial charge is 0.495 e. The van der Waals surface area contributed by atoms with Crippen molar-refractivity contribution in [2.45, 2.75) is 6.54 Å². The molecule has 0 aromatic heterocycles. The Morgan fingerprint density at radius 3 is 2.80 bits per heavy atom. The van der Waals surface area contributed by atoms with E-state index in [0.717, 1.165) is 28.5 Å². The lowest BCUT2D eigenvalue weighted by Crippen LogP contribution is -2.17. The molecule has 104 valence electrons. The molecule has 1 aliphatic rings. The first-order valence-electron chi connectivity index (χ1n) is 6.63. The summed E-state index contributed by atoms with van der Waals surface area (Å²) in [5.41, 5.74) is 2.04. The van der Waals surface area contributed by atoms with Crippen molar-refractivity contribution < 1.29 is 14.2 Å². The van der Waals surface area contributed by atoms with E-state index in [9.17, 15) is 0 Å². The van der Waals surface area contributed by atoms with E-state index in [2.05, 4.69) is 5.32 Å². The second-order valence-corrected chi connectivity index (χ2v) is 4.50. The lowest BCUT2D eigenvalue weighted by Gasteiger charge is -2.21. The fraction of sp³-hybridized carbons (Fsp3) is 0.250. The maximum atomic E-state index is 5.70. The van der Waals surface area contributed by atoms with Gasteiger partial charge in [-0.15, -0.1) is 0 Å². The number of para-hydroxylation sites is 3. The van der Waals surface area contributed by atoms with Gasteiger partial charge in [-0.3, -0.25) is 0 Å². The molecule has 0 radical (unpaired) electrons. The molecule has 0 fully saturated rings. The third kappa shape index (κ3) is 2.50. The Morgan fingerprint density at radius 1 is 1.05 bits per heavy atom. The molecule has 0 saturated carbocycles. The van der Waals surface area contributed by atoms with Crippen molar-refractivity contribution in [1.29, 1.82) is 0 Å². The predicted octanol–water partition coefficient (Wildman–Crippen LogP) is 3.08. The van der Waals surface area contributed by atoms with Gasteiger partial charge < -0.3 is 19.5 Å². The summed E-state index contributed by atoms with van der Waals surface area (Å²) in [6.45, 7) is 1.86. The van der Waals surface area contributed by atoms with E-state index in [0.29, 0.717) is 19.8 Å². The molecule has 4 nitrogen and oxygen atoms in total. The minimum Gasteiger partial charge on any atom is -0.495 e. The number of nitrogens with one attached hydrogen (secondary N) is 1. The maximum Gasteiger partial charge on any atom is 0.166 e. The number of fused-ring (bicyclic) bond motifs is 1. The van der Waals surface area contributed by atoms with Gasteiger partial charge in [0.2, 0.25) is 0 Å². The minimum absolute atomic E-state index is 0.596. The van der Waals surface area contributed by atoms with Crippen LogP contribution in [0.1, 0.15) is 5.56 Å². The highest BCUT2D eigenvalue weighted by atomic mass is 16.6. The summed E-state index contributed by atoms with van der Waals surface area (Å²) in [6, 6.07) is 13.8. The average Bonchev–Trinajstić information content (AvgIpc) is 2.53. The van der Waals surface area contributed by atoms with Gasteiger partial charge in [0.25, 0.3) is 0 Å². The zero-order valence-corrected chi connectivity index (χ0v) is 11.4. The number of hydrogen-bond donors (Lipinski definition) is 1. The number of rotatable bonds is 4. The molecule has 1 N–H and O–H groups in total. The molecule has 0 bridgehead atoms. The molecular formula is C16H17NO3. The van der Waals surface area contributed by atoms with Gasteiger partial charge in [-0.2, -0.15) is 0 Å². The van der Waals surface area contributed by atoms with Crippen LogP contribution in [0.25, 0.3) is 0 Å². The number of anilines is 1. The standard InChI is InChI=1S/C16H17NO3/c1-18-14-7-3-2-6-13(14)17-11-12-5-4-8-15-16(12)20-10-9-19-15/h2-8,17H,9-11H2,1H3. The van der Waals surface area contributed by atoms with Crippen molar-refractivity contribution in [2.75, 3.05) is 25.6 Å². The lowest BCUT2D eigenvalue weighted by atomic mass is 10.1. The zero-order valence-electron chi connectivity index (χ0n) is 11.4. The lowest BCUT2D eigenvalue weighted by molar-refractivity contribution is 0.170. The van der Waals surface area contributed by atoms with E-state index in [1.165, 1.54) is 0 Å². The summed E-state index contributed by atoms with van der Waals surface area (Å²) < 4.78 is 16.6. The van der Waals surface area contributed by atoms with Crippen LogP contribution in [0.15, 0.2) is 42.5 Å². The summed E-state index contributed by atoms with van der Waals surface area (Å²) in [5, 5.41) is 3.37. The summed E-state index contributed by atoms with van der Waals surface area (Å²) >= 11 is 0. The van der Waals surface area contributed by atoms with Crippen molar-refractivity contribution in [3.05, 3.63) is 48.0 Å². The van der Waals surface area contributed by atoms with Crippen molar-refractivity contribution in [3.63, 3.8) is 0 Å². The van der Waals surface area contributed by atoms with E-state index in [1.54, 1.807) is 7.11 Å². The van der Waals surface area contributed by atoms with Gasteiger partial charge in [-0.05, 0) is 18.2 Å². The predicted molar refractivity (Wildman–Crippen MR) is 77.8 cm³/mol. The van der Waals surface area contributed by atoms with Gasteiger partial charge in [0.15, 0.2) is 11.5 Å². The van der Waals surface area contributed by atoms with Crippen LogP contribution in [-0.2, 0) is 6.54 Å². The Hall–Kier alpha value is -2.36. The van der Waals surface area contributed by atoms with E-state index >= 15 is 0 Å². The molecule has 3 rings (SSSR count). The quantitative estimate of drug-likeness (QED) is 0.927. The van der Waals surface area contributed by atoms with Gasteiger partial charge in [0.1, 0.15) is 19.0 Å². The summed E-state index contributed by atoms with van der Waals surface area (Å²) in [6.07, 6.45) is 0. The highest BCUT2D eigenvalue weighted by Gasteiger charge is 2.15. The highest BCUT2D eigenvalue weighted by Crippen LogP contribution is 2.34. The van der Waals surface area contributed by atoms with Gasteiger partial charge in [0.05, 0.1) is 12.8 Å². The van der Waals surface area contributed by atoms with E-state index in [4.69, 9.17) is 14.2 Å². The topological polar surface area (TPSA) is 39.7 Å². The molecule has 0 atom stereocenters. The van der Waals surface area contributed by atoms with Crippen molar-refractivity contribution in [1.82, 2.24) is 0 Å². The Bertz CT molecular complexity index is 598. The monoisotopic (exact) mass is 271 g/mol. The van der Waals surface area contributed by atoms with Crippen molar-refractivity contribution >= 4 is 5.69 Å². The van der Waals surface area contributed by atoms with Gasteiger partial charge >= 0.3 is 0 Å². The minimum atomic E-state index is 0.596. The average molecular weight is 271 g/mol.